The Labute approximate surface area is 104 Å². The van der Waals surface area contributed by atoms with Crippen molar-refractivity contribution in [1.29, 1.82) is 10.5 Å². The number of ether oxygens (including phenoxy) is 2. The smallest absolute Gasteiger partial charge is 0.351 e. The molecule has 6 heteroatoms. The third-order valence-electron chi connectivity index (χ3n) is 1.56. The first-order valence-corrected chi connectivity index (χ1v) is 4.69. The lowest BCUT2D eigenvalue weighted by Gasteiger charge is -2.13. The predicted octanol–water partition coefficient (Wildman–Crippen LogP) is 1.13. The molecule has 0 aromatic heterocycles. The van der Waals surface area contributed by atoms with Crippen LogP contribution in [0.5, 0.6) is 0 Å². The van der Waals surface area contributed by atoms with E-state index < -0.39 is 29.4 Å². The second-order valence-corrected chi connectivity index (χ2v) is 2.89. The van der Waals surface area contributed by atoms with E-state index in [0.29, 0.717) is 0 Å². The molecule has 0 aliphatic carbocycles. The zero-order valence-corrected chi connectivity index (χ0v) is 9.67. The summed E-state index contributed by atoms with van der Waals surface area (Å²) in [6, 6.07) is 2.99. The number of hydrogen-bond acceptors (Lipinski definition) is 6. The fraction of sp³-hybridized carbons (Fsp3) is 0.167. The minimum absolute atomic E-state index is 0.431. The van der Waals surface area contributed by atoms with Crippen LogP contribution in [-0.4, -0.2) is 18.2 Å². The van der Waals surface area contributed by atoms with Gasteiger partial charge in [0.25, 0.3) is 6.29 Å². The van der Waals surface area contributed by atoms with Gasteiger partial charge in [0, 0.05) is 0 Å². The molecule has 0 aromatic rings. The molecule has 0 aromatic carbocycles. The summed E-state index contributed by atoms with van der Waals surface area (Å²) in [7, 11) is 0. The van der Waals surface area contributed by atoms with Gasteiger partial charge in [0.15, 0.2) is 0 Å². The molecule has 0 N–H and O–H groups in total. The molecule has 0 fully saturated rings. The highest BCUT2D eigenvalue weighted by Gasteiger charge is 2.19. The molecule has 0 saturated carbocycles. The van der Waals surface area contributed by atoms with Crippen molar-refractivity contribution in [3.63, 3.8) is 0 Å². The SMILES string of the molecule is C=C(C#N)C(=O)OC(/C=C/C)OC(=O)C(=C)C#N. The molecule has 0 spiro atoms. The summed E-state index contributed by atoms with van der Waals surface area (Å²) in [6.45, 7) is 7.90. The molecule has 0 saturated heterocycles. The van der Waals surface area contributed by atoms with E-state index in [4.69, 9.17) is 10.5 Å². The van der Waals surface area contributed by atoms with Crippen molar-refractivity contribution in [3.05, 3.63) is 36.5 Å². The topological polar surface area (TPSA) is 100 Å². The summed E-state index contributed by atoms with van der Waals surface area (Å²) in [6.07, 6.45) is 1.38. The van der Waals surface area contributed by atoms with Crippen LogP contribution >= 0.6 is 0 Å². The van der Waals surface area contributed by atoms with Gasteiger partial charge in [0.05, 0.1) is 0 Å². The summed E-state index contributed by atoms with van der Waals surface area (Å²) < 4.78 is 9.34. The van der Waals surface area contributed by atoms with Crippen LogP contribution in [0.25, 0.3) is 0 Å². The zero-order chi connectivity index (χ0) is 14.1. The third kappa shape index (κ3) is 4.77. The number of allylic oxidation sites excluding steroid dienone is 1. The first kappa shape index (κ1) is 15.1. The van der Waals surface area contributed by atoms with E-state index >= 15 is 0 Å². The monoisotopic (exact) mass is 246 g/mol. The number of carbonyl (C=O) groups is 2. The van der Waals surface area contributed by atoms with Gasteiger partial charge in [0.1, 0.15) is 23.3 Å². The molecule has 0 aliphatic rings. The largest absolute Gasteiger partial charge is 0.417 e. The molecule has 0 heterocycles. The van der Waals surface area contributed by atoms with Gasteiger partial charge in [-0.2, -0.15) is 10.5 Å². The lowest BCUT2D eigenvalue weighted by atomic mass is 10.3. The highest BCUT2D eigenvalue weighted by molar-refractivity contribution is 5.93. The number of esters is 2. The van der Waals surface area contributed by atoms with Crippen molar-refractivity contribution >= 4 is 11.9 Å². The lowest BCUT2D eigenvalue weighted by Crippen LogP contribution is -2.23. The van der Waals surface area contributed by atoms with Crippen molar-refractivity contribution < 1.29 is 19.1 Å². The Morgan fingerprint density at radius 1 is 1.11 bits per heavy atom. The molecule has 0 atom stereocenters. The number of rotatable bonds is 5. The van der Waals surface area contributed by atoms with Crippen LogP contribution in [0.3, 0.4) is 0 Å². The van der Waals surface area contributed by atoms with Gasteiger partial charge >= 0.3 is 11.9 Å². The zero-order valence-electron chi connectivity index (χ0n) is 9.67. The van der Waals surface area contributed by atoms with Gasteiger partial charge in [-0.25, -0.2) is 9.59 Å². The van der Waals surface area contributed by atoms with Crippen LogP contribution in [0.4, 0.5) is 0 Å². The van der Waals surface area contributed by atoms with E-state index in [2.05, 4.69) is 22.6 Å². The number of nitrogens with zero attached hydrogens (tertiary/aromatic N) is 2. The molecular formula is C12H10N2O4. The molecular weight excluding hydrogens is 236 g/mol. The fourth-order valence-corrected chi connectivity index (χ4v) is 0.704. The van der Waals surface area contributed by atoms with E-state index in [1.807, 2.05) is 0 Å². The first-order chi connectivity index (χ1) is 8.46. The summed E-state index contributed by atoms with van der Waals surface area (Å²) in [5.74, 6) is -2.04. The van der Waals surface area contributed by atoms with Crippen molar-refractivity contribution in [2.24, 2.45) is 0 Å². The van der Waals surface area contributed by atoms with Crippen molar-refractivity contribution in [1.82, 2.24) is 0 Å². The van der Waals surface area contributed by atoms with Crippen LogP contribution in [0, 0.1) is 22.7 Å². The second kappa shape index (κ2) is 7.42. The van der Waals surface area contributed by atoms with E-state index in [1.54, 1.807) is 6.92 Å². The molecule has 92 valence electrons. The van der Waals surface area contributed by atoms with Gasteiger partial charge < -0.3 is 9.47 Å². The highest BCUT2D eigenvalue weighted by Crippen LogP contribution is 2.05. The number of carbonyl (C=O) groups excluding carboxylic acids is 2. The summed E-state index contributed by atoms with van der Waals surface area (Å²) in [5.41, 5.74) is -0.862. The Morgan fingerprint density at radius 3 is 1.78 bits per heavy atom. The lowest BCUT2D eigenvalue weighted by molar-refractivity contribution is -0.173. The number of hydrogen-bond donors (Lipinski definition) is 0. The fourth-order valence-electron chi connectivity index (χ4n) is 0.704. The molecule has 0 amide bonds. The van der Waals surface area contributed by atoms with E-state index in [9.17, 15) is 9.59 Å². The third-order valence-corrected chi connectivity index (χ3v) is 1.56. The summed E-state index contributed by atoms with van der Waals surface area (Å²) in [4.78, 5) is 22.4. The molecule has 18 heavy (non-hydrogen) atoms. The van der Waals surface area contributed by atoms with Gasteiger partial charge in [-0.05, 0) is 13.0 Å². The Balaban J connectivity index is 4.71. The van der Waals surface area contributed by atoms with Crippen molar-refractivity contribution in [2.45, 2.75) is 13.2 Å². The molecule has 6 nitrogen and oxygen atoms in total. The van der Waals surface area contributed by atoms with Gasteiger partial charge in [0.2, 0.25) is 0 Å². The van der Waals surface area contributed by atoms with Crippen molar-refractivity contribution in [2.75, 3.05) is 0 Å². The van der Waals surface area contributed by atoms with Gasteiger partial charge in [-0.3, -0.25) is 0 Å². The van der Waals surface area contributed by atoms with Crippen molar-refractivity contribution in [3.8, 4) is 12.1 Å². The Bertz CT molecular complexity index is 451. The van der Waals surface area contributed by atoms with Gasteiger partial charge in [-0.15, -0.1) is 0 Å². The second-order valence-electron chi connectivity index (χ2n) is 2.89. The summed E-state index contributed by atoms with van der Waals surface area (Å²) in [5, 5.41) is 16.8. The predicted molar refractivity (Wildman–Crippen MR) is 60.3 cm³/mol. The maximum absolute atomic E-state index is 11.2. The molecule has 0 aliphatic heterocycles. The Morgan fingerprint density at radius 2 is 1.50 bits per heavy atom. The van der Waals surface area contributed by atoms with Gasteiger partial charge in [-0.1, -0.05) is 19.2 Å². The van der Waals surface area contributed by atoms with E-state index in [0.717, 1.165) is 0 Å². The van der Waals surface area contributed by atoms with Crippen LogP contribution < -0.4 is 0 Å². The quantitative estimate of drug-likeness (QED) is 0.237. The van der Waals surface area contributed by atoms with Crippen LogP contribution in [0.2, 0.25) is 0 Å². The standard InChI is InChI=1S/C12H10N2O4/c1-4-5-10(17-11(15)8(2)6-13)18-12(16)9(3)7-14/h4-5,10H,2-3H2,1H3/b5-4+. The maximum Gasteiger partial charge on any atom is 0.351 e. The average molecular weight is 246 g/mol. The van der Waals surface area contributed by atoms with E-state index in [1.165, 1.54) is 24.3 Å². The van der Waals surface area contributed by atoms with Crippen LogP contribution in [-0.2, 0) is 19.1 Å². The molecule has 0 unspecified atom stereocenters. The van der Waals surface area contributed by atoms with Crippen LogP contribution in [0.15, 0.2) is 36.5 Å². The minimum Gasteiger partial charge on any atom is -0.417 e. The highest BCUT2D eigenvalue weighted by atomic mass is 16.7. The minimum atomic E-state index is -1.34. The number of nitriles is 2. The average Bonchev–Trinajstić information content (AvgIpc) is 2.36. The molecule has 0 bridgehead atoms. The maximum atomic E-state index is 11.2. The first-order valence-electron chi connectivity index (χ1n) is 4.69. The van der Waals surface area contributed by atoms with Crippen LogP contribution in [0.1, 0.15) is 6.92 Å². The normalized spacial score (nSPS) is 9.33. The molecule has 0 rings (SSSR count). The summed E-state index contributed by atoms with van der Waals surface area (Å²) >= 11 is 0. The molecule has 0 radical (unpaired) electrons. The Kier molecular flexibility index (Phi) is 6.24. The van der Waals surface area contributed by atoms with E-state index in [-0.39, 0.29) is 0 Å². The Hall–Kier alpha value is -2.86.